The molecule has 0 bridgehead atoms. The molecule has 2 aromatic rings. The molecule has 1 saturated heterocycles. The third-order valence-electron chi connectivity index (χ3n) is 5.86. The van der Waals surface area contributed by atoms with Gasteiger partial charge in [0.05, 0.1) is 24.2 Å². The van der Waals surface area contributed by atoms with Crippen molar-refractivity contribution in [3.05, 3.63) is 53.1 Å². The summed E-state index contributed by atoms with van der Waals surface area (Å²) in [5.41, 5.74) is 3.36. The van der Waals surface area contributed by atoms with Gasteiger partial charge in [0.25, 0.3) is 0 Å². The summed E-state index contributed by atoms with van der Waals surface area (Å²) in [6.45, 7) is 9.93. The van der Waals surface area contributed by atoms with Crippen LogP contribution in [0.2, 0.25) is 0 Å². The summed E-state index contributed by atoms with van der Waals surface area (Å²) in [6.07, 6.45) is 5.25. The number of likely N-dealkylation sites (tertiary alicyclic amines) is 1. The molecule has 0 unspecified atom stereocenters. The van der Waals surface area contributed by atoms with Gasteiger partial charge in [0.15, 0.2) is 0 Å². The lowest BCUT2D eigenvalue weighted by Gasteiger charge is -2.46. The molecule has 0 N–H and O–H groups in total. The van der Waals surface area contributed by atoms with Crippen molar-refractivity contribution in [2.75, 3.05) is 26.3 Å². The average Bonchev–Trinajstić information content (AvgIpc) is 3.11. The van der Waals surface area contributed by atoms with Crippen LogP contribution < -0.4 is 0 Å². The van der Waals surface area contributed by atoms with Gasteiger partial charge in [-0.05, 0) is 76.4 Å². The Morgan fingerprint density at radius 2 is 2.00 bits per heavy atom. The molecule has 2 aliphatic rings. The molecule has 6 nitrogen and oxygen atoms in total. The molecule has 0 radical (unpaired) electrons. The van der Waals surface area contributed by atoms with Crippen LogP contribution in [-0.4, -0.2) is 52.7 Å². The van der Waals surface area contributed by atoms with E-state index in [-0.39, 0.29) is 17.3 Å². The van der Waals surface area contributed by atoms with E-state index < -0.39 is 5.60 Å². The number of aromatic nitrogens is 2. The van der Waals surface area contributed by atoms with Crippen LogP contribution >= 0.6 is 0 Å². The lowest BCUT2D eigenvalue weighted by Crippen LogP contribution is -2.52. The van der Waals surface area contributed by atoms with Gasteiger partial charge in [-0.2, -0.15) is 5.10 Å². The molecule has 4 rings (SSSR count). The van der Waals surface area contributed by atoms with E-state index in [0.29, 0.717) is 26.3 Å². The highest BCUT2D eigenvalue weighted by atomic mass is 19.1. The first-order valence-corrected chi connectivity index (χ1v) is 10.8. The minimum absolute atomic E-state index is 0.270. The van der Waals surface area contributed by atoms with Crippen molar-refractivity contribution in [3.8, 4) is 5.69 Å². The van der Waals surface area contributed by atoms with Crippen LogP contribution in [0.5, 0.6) is 0 Å². The fraction of sp³-hybridized carbons (Fsp3) is 0.500. The average molecular weight is 428 g/mol. The summed E-state index contributed by atoms with van der Waals surface area (Å²) >= 11 is 0. The first kappa shape index (κ1) is 21.6. The van der Waals surface area contributed by atoms with E-state index in [4.69, 9.17) is 9.47 Å². The molecule has 166 valence electrons. The lowest BCUT2D eigenvalue weighted by molar-refractivity contribution is -0.00392. The minimum Gasteiger partial charge on any atom is -0.444 e. The van der Waals surface area contributed by atoms with E-state index in [1.807, 2.05) is 38.6 Å². The molecule has 7 heteroatoms. The number of piperidine rings is 1. The normalized spacial score (nSPS) is 20.7. The van der Waals surface area contributed by atoms with E-state index in [2.05, 4.69) is 11.2 Å². The molecule has 1 amide bonds. The number of carbonyl (C=O) groups excluding carboxylic acids is 1. The minimum atomic E-state index is -0.531. The second-order valence-electron chi connectivity index (χ2n) is 9.36. The monoisotopic (exact) mass is 427 g/mol. The number of fused-ring (bicyclic) bond motifs is 2. The second-order valence-corrected chi connectivity index (χ2v) is 9.36. The number of carbonyl (C=O) groups is 1. The molecule has 1 aliphatic heterocycles. The van der Waals surface area contributed by atoms with Gasteiger partial charge in [-0.15, -0.1) is 0 Å². The van der Waals surface area contributed by atoms with Crippen LogP contribution in [0, 0.1) is 11.2 Å². The topological polar surface area (TPSA) is 56.6 Å². The van der Waals surface area contributed by atoms with Gasteiger partial charge in [-0.3, -0.25) is 0 Å². The molecule has 1 fully saturated rings. The Labute approximate surface area is 182 Å². The summed E-state index contributed by atoms with van der Waals surface area (Å²) in [5, 5.41) is 4.57. The number of benzene rings is 1. The van der Waals surface area contributed by atoms with Gasteiger partial charge in [0.1, 0.15) is 11.4 Å². The fourth-order valence-electron chi connectivity index (χ4n) is 4.43. The largest absolute Gasteiger partial charge is 0.444 e. The number of hydrogen-bond acceptors (Lipinski definition) is 4. The number of ether oxygens (including phenoxy) is 2. The molecule has 1 aromatic carbocycles. The number of hydrogen-bond donors (Lipinski definition) is 0. The van der Waals surface area contributed by atoms with Crippen LogP contribution in [0.1, 0.15) is 45.4 Å². The predicted octanol–water partition coefficient (Wildman–Crippen LogP) is 4.61. The SMILES string of the molecule is CCOC[C@]12Cc3cnn(-c4ccc(F)cc4)c3C=C1CCN(C(=O)OC(C)(C)C)C2. The van der Waals surface area contributed by atoms with Crippen molar-refractivity contribution in [1.29, 1.82) is 0 Å². The molecule has 0 saturated carbocycles. The molecular weight excluding hydrogens is 397 g/mol. The van der Waals surface area contributed by atoms with Gasteiger partial charge in [0, 0.05) is 25.1 Å². The van der Waals surface area contributed by atoms with Crippen LogP contribution in [0.4, 0.5) is 9.18 Å². The van der Waals surface area contributed by atoms with Crippen LogP contribution in [0.25, 0.3) is 11.8 Å². The zero-order valence-corrected chi connectivity index (χ0v) is 18.7. The summed E-state index contributed by atoms with van der Waals surface area (Å²) < 4.78 is 26.7. The zero-order valence-electron chi connectivity index (χ0n) is 18.7. The molecule has 1 aliphatic carbocycles. The zero-order chi connectivity index (χ0) is 22.2. The molecule has 1 aromatic heterocycles. The van der Waals surface area contributed by atoms with Crippen molar-refractivity contribution < 1.29 is 18.7 Å². The molecule has 2 heterocycles. The number of amides is 1. The van der Waals surface area contributed by atoms with E-state index in [0.717, 1.165) is 29.8 Å². The quantitative estimate of drug-likeness (QED) is 0.715. The van der Waals surface area contributed by atoms with Crippen LogP contribution in [0.3, 0.4) is 0 Å². The van der Waals surface area contributed by atoms with Crippen molar-refractivity contribution in [1.82, 2.24) is 14.7 Å². The Bertz CT molecular complexity index is 990. The fourth-order valence-corrected chi connectivity index (χ4v) is 4.43. The Morgan fingerprint density at radius 3 is 2.68 bits per heavy atom. The van der Waals surface area contributed by atoms with Gasteiger partial charge in [-0.1, -0.05) is 5.57 Å². The molecule has 1 atom stereocenters. The van der Waals surface area contributed by atoms with Crippen molar-refractivity contribution >= 4 is 12.2 Å². The smallest absolute Gasteiger partial charge is 0.410 e. The maximum Gasteiger partial charge on any atom is 0.410 e. The van der Waals surface area contributed by atoms with E-state index in [9.17, 15) is 9.18 Å². The summed E-state index contributed by atoms with van der Waals surface area (Å²) in [6, 6.07) is 6.35. The Kier molecular flexibility index (Phi) is 5.64. The lowest BCUT2D eigenvalue weighted by atomic mass is 9.69. The summed E-state index contributed by atoms with van der Waals surface area (Å²) in [5.74, 6) is -0.270. The number of rotatable bonds is 4. The Hall–Kier alpha value is -2.67. The summed E-state index contributed by atoms with van der Waals surface area (Å²) in [7, 11) is 0. The van der Waals surface area contributed by atoms with Crippen molar-refractivity contribution in [2.45, 2.75) is 46.1 Å². The predicted molar refractivity (Wildman–Crippen MR) is 117 cm³/mol. The van der Waals surface area contributed by atoms with E-state index in [1.165, 1.54) is 17.7 Å². The highest BCUT2D eigenvalue weighted by Gasteiger charge is 2.45. The molecule has 0 spiro atoms. The van der Waals surface area contributed by atoms with E-state index in [1.54, 1.807) is 17.0 Å². The van der Waals surface area contributed by atoms with Gasteiger partial charge in [-0.25, -0.2) is 13.9 Å². The first-order valence-electron chi connectivity index (χ1n) is 10.8. The van der Waals surface area contributed by atoms with Gasteiger partial charge >= 0.3 is 6.09 Å². The van der Waals surface area contributed by atoms with Crippen molar-refractivity contribution in [2.24, 2.45) is 5.41 Å². The van der Waals surface area contributed by atoms with E-state index >= 15 is 0 Å². The third kappa shape index (κ3) is 4.37. The molecule has 31 heavy (non-hydrogen) atoms. The highest BCUT2D eigenvalue weighted by Crippen LogP contribution is 2.44. The third-order valence-corrected chi connectivity index (χ3v) is 5.86. The number of halogens is 1. The maximum absolute atomic E-state index is 13.4. The number of nitrogens with zero attached hydrogens (tertiary/aromatic N) is 3. The van der Waals surface area contributed by atoms with Crippen LogP contribution in [0.15, 0.2) is 36.0 Å². The standard InChI is InChI=1S/C24H30FN3O3/c1-5-30-16-24-13-17-14-26-28(20-8-6-19(25)7-9-20)21(17)12-18(24)10-11-27(15-24)22(29)31-23(2,3)4/h6-9,12,14H,5,10-11,13,15-16H2,1-4H3/t24-/m1/s1. The maximum atomic E-state index is 13.4. The Balaban J connectivity index is 1.66. The summed E-state index contributed by atoms with van der Waals surface area (Å²) in [4.78, 5) is 14.6. The second kappa shape index (κ2) is 8.11. The van der Waals surface area contributed by atoms with Crippen molar-refractivity contribution in [3.63, 3.8) is 0 Å². The molecular formula is C24H30FN3O3. The Morgan fingerprint density at radius 1 is 1.26 bits per heavy atom. The van der Waals surface area contributed by atoms with Crippen LogP contribution in [-0.2, 0) is 15.9 Å². The van der Waals surface area contributed by atoms with Gasteiger partial charge in [0.2, 0.25) is 0 Å². The highest BCUT2D eigenvalue weighted by molar-refractivity contribution is 5.70. The first-order chi connectivity index (χ1) is 14.7. The van der Waals surface area contributed by atoms with Gasteiger partial charge < -0.3 is 14.4 Å².